The van der Waals surface area contributed by atoms with Crippen LogP contribution < -0.4 is 9.57 Å². The summed E-state index contributed by atoms with van der Waals surface area (Å²) >= 11 is 0. The number of nitrogens with zero attached hydrogens (tertiary/aromatic N) is 2. The number of hydrazone groups is 1. The van der Waals surface area contributed by atoms with Gasteiger partial charge in [-0.15, -0.1) is 0 Å². The highest BCUT2D eigenvalue weighted by molar-refractivity contribution is 7.89. The summed E-state index contributed by atoms with van der Waals surface area (Å²) < 4.78 is 29.5. The Morgan fingerprint density at radius 2 is 1.84 bits per heavy atom. The van der Waals surface area contributed by atoms with Crippen molar-refractivity contribution in [2.24, 2.45) is 5.10 Å². The first kappa shape index (κ1) is 16.7. The van der Waals surface area contributed by atoms with Crippen molar-refractivity contribution >= 4 is 16.2 Å². The molecule has 3 rings (SSSR count). The second-order valence-electron chi connectivity index (χ2n) is 5.09. The average molecular weight is 356 g/mol. The number of hydrogen-bond donors (Lipinski definition) is 2. The van der Waals surface area contributed by atoms with Gasteiger partial charge in [0.15, 0.2) is 0 Å². The molecular weight excluding hydrogens is 340 g/mol. The van der Waals surface area contributed by atoms with Crippen LogP contribution in [0.5, 0.6) is 5.75 Å². The summed E-state index contributed by atoms with van der Waals surface area (Å²) in [5, 5.41) is 10.7. The Morgan fingerprint density at radius 1 is 1.12 bits per heavy atom. The number of ether oxygens (including phenoxy) is 1. The van der Waals surface area contributed by atoms with Gasteiger partial charge in [-0.1, -0.05) is 30.3 Å². The molecular formula is C17H16N4O3S. The van der Waals surface area contributed by atoms with Gasteiger partial charge in [0.05, 0.1) is 30.1 Å². The first-order chi connectivity index (χ1) is 12.1. The highest BCUT2D eigenvalue weighted by Gasteiger charge is 2.13. The van der Waals surface area contributed by atoms with E-state index in [1.54, 1.807) is 18.3 Å². The van der Waals surface area contributed by atoms with Gasteiger partial charge in [-0.2, -0.15) is 18.6 Å². The number of benzene rings is 2. The second kappa shape index (κ2) is 7.18. The van der Waals surface area contributed by atoms with Crippen LogP contribution in [-0.4, -0.2) is 31.9 Å². The molecule has 0 atom stereocenters. The van der Waals surface area contributed by atoms with Gasteiger partial charge < -0.3 is 4.74 Å². The Labute approximate surface area is 145 Å². The number of aromatic amines is 1. The minimum absolute atomic E-state index is 0.0981. The average Bonchev–Trinajstić information content (AvgIpc) is 3.11. The molecule has 2 N–H and O–H groups in total. The largest absolute Gasteiger partial charge is 0.497 e. The zero-order valence-corrected chi connectivity index (χ0v) is 14.2. The van der Waals surface area contributed by atoms with Gasteiger partial charge in [-0.3, -0.25) is 5.10 Å². The highest BCUT2D eigenvalue weighted by atomic mass is 32.2. The number of hydrogen-bond acceptors (Lipinski definition) is 5. The lowest BCUT2D eigenvalue weighted by molar-refractivity contribution is 0.414. The van der Waals surface area contributed by atoms with E-state index in [2.05, 4.69) is 20.1 Å². The summed E-state index contributed by atoms with van der Waals surface area (Å²) in [5.41, 5.74) is 2.36. The number of sulfonamides is 1. The van der Waals surface area contributed by atoms with Crippen molar-refractivity contribution in [2.45, 2.75) is 4.90 Å². The fraction of sp³-hybridized carbons (Fsp3) is 0.0588. The van der Waals surface area contributed by atoms with E-state index in [4.69, 9.17) is 4.74 Å². The summed E-state index contributed by atoms with van der Waals surface area (Å²) in [6.45, 7) is 0. The van der Waals surface area contributed by atoms with Crippen LogP contribution in [0.4, 0.5) is 0 Å². The number of H-pyrrole nitrogens is 1. The maximum absolute atomic E-state index is 12.2. The summed E-state index contributed by atoms with van der Waals surface area (Å²) in [4.78, 5) is 2.29. The molecule has 0 bridgehead atoms. The number of rotatable bonds is 6. The molecule has 25 heavy (non-hydrogen) atoms. The standard InChI is InChI=1S/C17H16N4O3S/c1-24-15-7-9-16(10-8-15)25(22,23)21-19-12-14-11-18-20-17(14)13-5-3-2-4-6-13/h2-12,21H,1H3,(H,18,20)/b19-12-. The first-order valence-electron chi connectivity index (χ1n) is 7.38. The number of nitrogens with one attached hydrogen (secondary N) is 2. The summed E-state index contributed by atoms with van der Waals surface area (Å²) in [7, 11) is -2.23. The third kappa shape index (κ3) is 3.86. The molecule has 8 heteroatoms. The van der Waals surface area contributed by atoms with E-state index in [1.165, 1.54) is 25.5 Å². The Hall–Kier alpha value is -3.13. The molecule has 0 aliphatic heterocycles. The molecule has 0 spiro atoms. The first-order valence-corrected chi connectivity index (χ1v) is 8.86. The van der Waals surface area contributed by atoms with Crippen LogP contribution in [0.25, 0.3) is 11.3 Å². The van der Waals surface area contributed by atoms with Gasteiger partial charge in [0.2, 0.25) is 0 Å². The van der Waals surface area contributed by atoms with Crippen LogP contribution >= 0.6 is 0 Å². The van der Waals surface area contributed by atoms with Gasteiger partial charge in [0, 0.05) is 11.1 Å². The molecule has 128 valence electrons. The molecule has 0 unspecified atom stereocenters. The maximum Gasteiger partial charge on any atom is 0.276 e. The lowest BCUT2D eigenvalue weighted by atomic mass is 10.1. The van der Waals surface area contributed by atoms with Gasteiger partial charge in [-0.25, -0.2) is 4.83 Å². The number of aromatic nitrogens is 2. The van der Waals surface area contributed by atoms with Crippen LogP contribution in [0.15, 0.2) is 70.8 Å². The minimum Gasteiger partial charge on any atom is -0.497 e. The number of methoxy groups -OCH3 is 1. The zero-order valence-electron chi connectivity index (χ0n) is 13.4. The minimum atomic E-state index is -3.75. The van der Waals surface area contributed by atoms with E-state index in [0.717, 1.165) is 11.3 Å². The van der Waals surface area contributed by atoms with Crippen molar-refractivity contribution in [2.75, 3.05) is 7.11 Å². The van der Waals surface area contributed by atoms with Crippen molar-refractivity contribution in [3.8, 4) is 17.0 Å². The predicted octanol–water partition coefficient (Wildman–Crippen LogP) is 2.40. The summed E-state index contributed by atoms with van der Waals surface area (Å²) in [5.74, 6) is 0.577. The molecule has 0 saturated heterocycles. The van der Waals surface area contributed by atoms with Crippen molar-refractivity contribution in [1.29, 1.82) is 0 Å². The molecule has 1 aromatic heterocycles. The third-order valence-corrected chi connectivity index (χ3v) is 4.72. The van der Waals surface area contributed by atoms with Crippen molar-refractivity contribution in [1.82, 2.24) is 15.0 Å². The van der Waals surface area contributed by atoms with Crippen LogP contribution in [0.3, 0.4) is 0 Å². The van der Waals surface area contributed by atoms with Gasteiger partial charge in [-0.05, 0) is 24.3 Å². The molecule has 7 nitrogen and oxygen atoms in total. The molecule has 0 aliphatic carbocycles. The van der Waals surface area contributed by atoms with E-state index < -0.39 is 10.0 Å². The SMILES string of the molecule is COc1ccc(S(=O)(=O)N/N=C\c2cn[nH]c2-c2ccccc2)cc1. The topological polar surface area (TPSA) is 96.4 Å². The van der Waals surface area contributed by atoms with Crippen molar-refractivity contribution < 1.29 is 13.2 Å². The third-order valence-electron chi connectivity index (χ3n) is 3.48. The van der Waals surface area contributed by atoms with Crippen LogP contribution in [-0.2, 0) is 10.0 Å². The van der Waals surface area contributed by atoms with E-state index in [-0.39, 0.29) is 4.90 Å². The van der Waals surface area contributed by atoms with E-state index in [1.807, 2.05) is 30.3 Å². The van der Waals surface area contributed by atoms with Gasteiger partial charge in [0.1, 0.15) is 5.75 Å². The highest BCUT2D eigenvalue weighted by Crippen LogP contribution is 2.19. The Kier molecular flexibility index (Phi) is 4.80. The van der Waals surface area contributed by atoms with Crippen molar-refractivity contribution in [3.05, 3.63) is 66.4 Å². The summed E-state index contributed by atoms with van der Waals surface area (Å²) in [6, 6.07) is 15.6. The molecule has 0 saturated carbocycles. The van der Waals surface area contributed by atoms with Crippen LogP contribution in [0, 0.1) is 0 Å². The lowest BCUT2D eigenvalue weighted by Gasteiger charge is -2.04. The molecule has 2 aromatic carbocycles. The smallest absolute Gasteiger partial charge is 0.276 e. The zero-order chi connectivity index (χ0) is 17.7. The van der Waals surface area contributed by atoms with E-state index in [9.17, 15) is 8.42 Å². The molecule has 0 fully saturated rings. The molecule has 3 aromatic rings. The predicted molar refractivity (Wildman–Crippen MR) is 94.9 cm³/mol. The molecule has 1 heterocycles. The quantitative estimate of drug-likeness (QED) is 0.523. The monoisotopic (exact) mass is 356 g/mol. The van der Waals surface area contributed by atoms with Crippen molar-refractivity contribution in [3.63, 3.8) is 0 Å². The van der Waals surface area contributed by atoms with Gasteiger partial charge in [0.25, 0.3) is 10.0 Å². The maximum atomic E-state index is 12.2. The molecule has 0 radical (unpaired) electrons. The fourth-order valence-corrected chi connectivity index (χ4v) is 2.99. The normalized spacial score (nSPS) is 11.6. The Bertz CT molecular complexity index is 965. The van der Waals surface area contributed by atoms with Crippen LogP contribution in [0.2, 0.25) is 0 Å². The lowest BCUT2D eigenvalue weighted by Crippen LogP contribution is -2.18. The van der Waals surface area contributed by atoms with Crippen LogP contribution in [0.1, 0.15) is 5.56 Å². The Balaban J connectivity index is 1.76. The van der Waals surface area contributed by atoms with E-state index >= 15 is 0 Å². The fourth-order valence-electron chi connectivity index (χ4n) is 2.20. The molecule has 0 amide bonds. The molecule has 0 aliphatic rings. The second-order valence-corrected chi connectivity index (χ2v) is 6.76. The van der Waals surface area contributed by atoms with E-state index in [0.29, 0.717) is 11.3 Å². The van der Waals surface area contributed by atoms with Gasteiger partial charge >= 0.3 is 0 Å². The summed E-state index contributed by atoms with van der Waals surface area (Å²) in [6.07, 6.45) is 2.99. The Morgan fingerprint density at radius 3 is 2.52 bits per heavy atom.